The number of hydrogen-bond acceptors (Lipinski definition) is 3. The van der Waals surface area contributed by atoms with Gasteiger partial charge < -0.3 is 14.3 Å². The van der Waals surface area contributed by atoms with E-state index in [0.717, 1.165) is 0 Å². The largest absolute Gasteiger partial charge is 0.457 e. The maximum atomic E-state index is 10.7. The van der Waals surface area contributed by atoms with Gasteiger partial charge in [-0.05, 0) is 39.5 Å². The van der Waals surface area contributed by atoms with Gasteiger partial charge in [-0.15, -0.1) is 0 Å². The smallest absolute Gasteiger partial charge is 0.306 e. The van der Waals surface area contributed by atoms with E-state index >= 15 is 0 Å². The summed E-state index contributed by atoms with van der Waals surface area (Å²) in [6.45, 7) is 19.9. The van der Waals surface area contributed by atoms with Gasteiger partial charge in [0.25, 0.3) is 0 Å². The Morgan fingerprint density at radius 3 is 1.33 bits per heavy atom. The van der Waals surface area contributed by atoms with Crippen molar-refractivity contribution in [2.45, 2.75) is 112 Å². The van der Waals surface area contributed by atoms with Gasteiger partial charge in [-0.25, -0.2) is 0 Å². The van der Waals surface area contributed by atoms with E-state index in [9.17, 15) is 4.79 Å². The third-order valence-corrected chi connectivity index (χ3v) is 5.00. The number of rotatable bonds is 15. The third kappa shape index (κ3) is 16.1. The average Bonchev–Trinajstić information content (AvgIpc) is 2.67. The molecule has 0 saturated carbocycles. The highest BCUT2D eigenvalue weighted by molar-refractivity contribution is 5.69. The molecule has 0 bridgehead atoms. The fraction of sp³-hybridized carbons (Fsp3) is 0.957. The summed E-state index contributed by atoms with van der Waals surface area (Å²) in [4.78, 5) is 10.7. The summed E-state index contributed by atoms with van der Waals surface area (Å²) in [5.74, 6) is -0.279. The molecule has 0 unspecified atom stereocenters. The molecule has 0 atom stereocenters. The molecule has 0 aromatic heterocycles. The fourth-order valence-corrected chi connectivity index (χ4v) is 3.06. The Bertz CT molecular complexity index is 305. The third-order valence-electron chi connectivity index (χ3n) is 5.00. The first-order valence-corrected chi connectivity index (χ1v) is 11.4. The lowest BCUT2D eigenvalue weighted by molar-refractivity contribution is -0.929. The number of hydrogen-bond donors (Lipinski definition) is 1. The number of esters is 1. The predicted molar refractivity (Wildman–Crippen MR) is 117 cm³/mol. The molecule has 4 heteroatoms. The lowest BCUT2D eigenvalue weighted by Gasteiger charge is -2.39. The van der Waals surface area contributed by atoms with Crippen LogP contribution in [0.25, 0.3) is 0 Å². The lowest BCUT2D eigenvalue weighted by Crippen LogP contribution is -2.50. The first-order chi connectivity index (χ1) is 12.8. The van der Waals surface area contributed by atoms with Crippen molar-refractivity contribution in [3.05, 3.63) is 0 Å². The number of quaternary nitrogens is 1. The maximum absolute atomic E-state index is 10.7. The monoisotopic (exact) mass is 388 g/mol. The quantitative estimate of drug-likeness (QED) is 0.288. The number of aliphatic hydroxyl groups excluding tert-OH is 1. The number of carbonyl (C=O) groups excluding carboxylic acids is 1. The molecule has 0 saturated heterocycles. The minimum Gasteiger partial charge on any atom is -0.457 e. The molecule has 164 valence electrons. The molecule has 0 spiro atoms. The Labute approximate surface area is 170 Å². The van der Waals surface area contributed by atoms with Crippen molar-refractivity contribution < 1.29 is 19.1 Å². The number of nitrogens with zero attached hydrogens (tertiary/aromatic N) is 1. The Kier molecular flexibility index (Phi) is 18.5. The zero-order valence-electron chi connectivity index (χ0n) is 19.6. The molecule has 0 rings (SSSR count). The summed E-state index contributed by atoms with van der Waals surface area (Å²) >= 11 is 0. The molecule has 0 amide bonds. The van der Waals surface area contributed by atoms with Crippen LogP contribution in [0.4, 0.5) is 0 Å². The standard InChI is InChI=1S/C16H36N.C7H14O3/c1-5-9-13-17(14-10-6-2,15-11-7-3)16-12-8-4;1-4-6(9)10-7(2,3)5-8/h5-16H2,1-4H3;8H,4-5H2,1-3H3/q+1;. The molecule has 0 fully saturated rings. The molecule has 4 nitrogen and oxygen atoms in total. The van der Waals surface area contributed by atoms with E-state index in [1.165, 1.54) is 82.0 Å². The zero-order valence-corrected chi connectivity index (χ0v) is 19.6. The second-order valence-electron chi connectivity index (χ2n) is 8.40. The van der Waals surface area contributed by atoms with Crippen molar-refractivity contribution in [1.29, 1.82) is 0 Å². The Hall–Kier alpha value is -0.610. The zero-order chi connectivity index (χ0) is 21.2. The molecule has 0 aliphatic carbocycles. The van der Waals surface area contributed by atoms with E-state index in [4.69, 9.17) is 9.84 Å². The van der Waals surface area contributed by atoms with Gasteiger partial charge in [-0.3, -0.25) is 4.79 Å². The molecular weight excluding hydrogens is 338 g/mol. The van der Waals surface area contributed by atoms with Crippen LogP contribution in [0.5, 0.6) is 0 Å². The second kappa shape index (κ2) is 17.5. The summed E-state index contributed by atoms with van der Waals surface area (Å²) in [7, 11) is 0. The summed E-state index contributed by atoms with van der Waals surface area (Å²) in [6, 6.07) is 0. The van der Waals surface area contributed by atoms with Crippen LogP contribution < -0.4 is 0 Å². The number of aliphatic hydroxyl groups is 1. The van der Waals surface area contributed by atoms with Gasteiger partial charge in [0.05, 0.1) is 32.8 Å². The van der Waals surface area contributed by atoms with Crippen LogP contribution in [0.15, 0.2) is 0 Å². The van der Waals surface area contributed by atoms with E-state index in [1.54, 1.807) is 20.8 Å². The van der Waals surface area contributed by atoms with Crippen molar-refractivity contribution in [3.8, 4) is 0 Å². The van der Waals surface area contributed by atoms with E-state index in [2.05, 4.69) is 27.7 Å². The second-order valence-corrected chi connectivity index (χ2v) is 8.40. The molecule has 0 radical (unpaired) electrons. The molecular formula is C23H50NO3+. The van der Waals surface area contributed by atoms with Crippen LogP contribution in [-0.2, 0) is 9.53 Å². The van der Waals surface area contributed by atoms with Gasteiger partial charge in [0.2, 0.25) is 0 Å². The number of ether oxygens (including phenoxy) is 1. The van der Waals surface area contributed by atoms with Crippen molar-refractivity contribution >= 4 is 5.97 Å². The van der Waals surface area contributed by atoms with Crippen LogP contribution in [0.1, 0.15) is 106 Å². The highest BCUT2D eigenvalue weighted by atomic mass is 16.6. The van der Waals surface area contributed by atoms with Crippen molar-refractivity contribution in [2.75, 3.05) is 32.8 Å². The van der Waals surface area contributed by atoms with Crippen LogP contribution in [0.2, 0.25) is 0 Å². The van der Waals surface area contributed by atoms with Crippen LogP contribution in [-0.4, -0.2) is 53.9 Å². The minimum atomic E-state index is -0.729. The SMILES string of the molecule is CCC(=O)OC(C)(C)CO.CCCC[N+](CCCC)(CCCC)CCCC. The topological polar surface area (TPSA) is 46.5 Å². The summed E-state index contributed by atoms with van der Waals surface area (Å²) < 4.78 is 6.27. The highest BCUT2D eigenvalue weighted by Crippen LogP contribution is 2.16. The number of carbonyl (C=O) groups is 1. The molecule has 0 aromatic carbocycles. The van der Waals surface area contributed by atoms with E-state index in [1.807, 2.05) is 0 Å². The average molecular weight is 389 g/mol. The van der Waals surface area contributed by atoms with Crippen LogP contribution in [0, 0.1) is 0 Å². The lowest BCUT2D eigenvalue weighted by atomic mass is 10.1. The van der Waals surface area contributed by atoms with E-state index < -0.39 is 5.60 Å². The van der Waals surface area contributed by atoms with Gasteiger partial charge in [-0.1, -0.05) is 60.3 Å². The van der Waals surface area contributed by atoms with E-state index in [0.29, 0.717) is 6.42 Å². The number of unbranched alkanes of at least 4 members (excludes halogenated alkanes) is 4. The first-order valence-electron chi connectivity index (χ1n) is 11.4. The Morgan fingerprint density at radius 2 is 1.11 bits per heavy atom. The summed E-state index contributed by atoms with van der Waals surface area (Å²) in [5, 5.41) is 8.66. The predicted octanol–water partition coefficient (Wildman–Crippen LogP) is 5.71. The summed E-state index contributed by atoms with van der Waals surface area (Å²) in [6.07, 6.45) is 11.4. The first kappa shape index (κ1) is 28.6. The van der Waals surface area contributed by atoms with E-state index in [-0.39, 0.29) is 12.6 Å². The van der Waals surface area contributed by atoms with Crippen LogP contribution >= 0.6 is 0 Å². The molecule has 0 aliphatic heterocycles. The molecule has 0 aliphatic rings. The maximum Gasteiger partial charge on any atom is 0.306 e. The molecule has 1 N–H and O–H groups in total. The molecule has 0 heterocycles. The fourth-order valence-electron chi connectivity index (χ4n) is 3.06. The molecule has 0 aromatic rings. The molecule has 27 heavy (non-hydrogen) atoms. The van der Waals surface area contributed by atoms with Gasteiger partial charge in [0.15, 0.2) is 0 Å². The van der Waals surface area contributed by atoms with Crippen molar-refractivity contribution in [2.24, 2.45) is 0 Å². The van der Waals surface area contributed by atoms with Gasteiger partial charge in [0, 0.05) is 6.42 Å². The van der Waals surface area contributed by atoms with Gasteiger partial charge >= 0.3 is 5.97 Å². The highest BCUT2D eigenvalue weighted by Gasteiger charge is 2.24. The van der Waals surface area contributed by atoms with Crippen LogP contribution in [0.3, 0.4) is 0 Å². The Balaban J connectivity index is 0. The summed E-state index contributed by atoms with van der Waals surface area (Å²) in [5.41, 5.74) is -0.729. The van der Waals surface area contributed by atoms with Gasteiger partial charge in [0.1, 0.15) is 5.60 Å². The van der Waals surface area contributed by atoms with Crippen molar-refractivity contribution in [1.82, 2.24) is 0 Å². The minimum absolute atomic E-state index is 0.140. The normalized spacial score (nSPS) is 11.7. The van der Waals surface area contributed by atoms with Gasteiger partial charge in [-0.2, -0.15) is 0 Å². The Morgan fingerprint density at radius 1 is 0.778 bits per heavy atom. The van der Waals surface area contributed by atoms with Crippen molar-refractivity contribution in [3.63, 3.8) is 0 Å².